The van der Waals surface area contributed by atoms with Gasteiger partial charge in [0.05, 0.1) is 13.5 Å². The number of hydrogen-bond acceptors (Lipinski definition) is 7. The molecule has 0 fully saturated rings. The topological polar surface area (TPSA) is 152 Å². The summed E-state index contributed by atoms with van der Waals surface area (Å²) in [5, 5.41) is 11.8. The summed E-state index contributed by atoms with van der Waals surface area (Å²) in [5.41, 5.74) is 3.03. The summed E-state index contributed by atoms with van der Waals surface area (Å²) in [6, 6.07) is 63.2. The molecule has 0 aliphatic rings. The summed E-state index contributed by atoms with van der Waals surface area (Å²) < 4.78 is 10.6. The first kappa shape index (κ1) is 46.7. The van der Waals surface area contributed by atoms with Gasteiger partial charge in [0.2, 0.25) is 17.7 Å². The Morgan fingerprint density at radius 3 is 1.15 bits per heavy atom. The second-order valence-corrected chi connectivity index (χ2v) is 15.9. The quantitative estimate of drug-likeness (QED) is 0.0471. The van der Waals surface area contributed by atoms with Crippen molar-refractivity contribution in [2.75, 3.05) is 7.11 Å². The van der Waals surface area contributed by atoms with E-state index >= 15 is 0 Å². The molecule has 11 heteroatoms. The smallest absolute Gasteiger partial charge is 0.408 e. The molecule has 67 heavy (non-hydrogen) atoms. The van der Waals surface area contributed by atoms with Crippen LogP contribution in [0.4, 0.5) is 4.79 Å². The van der Waals surface area contributed by atoms with E-state index in [9.17, 15) is 24.0 Å². The van der Waals surface area contributed by atoms with Gasteiger partial charge in [-0.05, 0) is 45.4 Å². The molecule has 0 saturated heterocycles. The number of nitrogens with one attached hydrogen (secondary N) is 4. The Bertz CT molecular complexity index is 2500. The van der Waals surface area contributed by atoms with E-state index in [4.69, 9.17) is 9.47 Å². The van der Waals surface area contributed by atoms with Gasteiger partial charge in [-0.15, -0.1) is 0 Å². The molecule has 0 spiro atoms. The zero-order valence-corrected chi connectivity index (χ0v) is 37.0. The SMILES string of the molecule is COC(=O)[C@H](CC(=O)NC(c1ccccc1)(c1ccccc1)c1ccccc1)NC(=O)[C@H](CCC(=O)NC(c1ccccc1)(c1ccccc1)c1ccccc1)NC(=O)OCc1ccccc1. The van der Waals surface area contributed by atoms with Gasteiger partial charge < -0.3 is 30.7 Å². The van der Waals surface area contributed by atoms with E-state index < -0.39 is 59.4 Å². The molecule has 338 valence electrons. The third-order valence-electron chi connectivity index (χ3n) is 11.6. The van der Waals surface area contributed by atoms with Gasteiger partial charge in [0, 0.05) is 6.42 Å². The maximum Gasteiger partial charge on any atom is 0.408 e. The lowest BCUT2D eigenvalue weighted by Crippen LogP contribution is -2.55. The molecule has 0 bridgehead atoms. The zero-order chi connectivity index (χ0) is 46.9. The first-order valence-corrected chi connectivity index (χ1v) is 22.0. The second kappa shape index (κ2) is 22.5. The molecule has 4 N–H and O–H groups in total. The summed E-state index contributed by atoms with van der Waals surface area (Å²) in [6.45, 7) is -0.0911. The van der Waals surface area contributed by atoms with Crippen LogP contribution in [0.2, 0.25) is 0 Å². The minimum atomic E-state index is -1.50. The van der Waals surface area contributed by atoms with Crippen LogP contribution in [0.1, 0.15) is 58.2 Å². The molecule has 0 aliphatic heterocycles. The number of carbonyl (C=O) groups excluding carboxylic acids is 5. The van der Waals surface area contributed by atoms with Crippen LogP contribution in [-0.2, 0) is 46.3 Å². The van der Waals surface area contributed by atoms with Crippen LogP contribution >= 0.6 is 0 Å². The first-order valence-electron chi connectivity index (χ1n) is 22.0. The number of alkyl carbamates (subject to hydrolysis) is 1. The lowest BCUT2D eigenvalue weighted by Gasteiger charge is -2.37. The van der Waals surface area contributed by atoms with Crippen molar-refractivity contribution in [2.45, 2.75) is 49.0 Å². The predicted molar refractivity (Wildman–Crippen MR) is 256 cm³/mol. The molecule has 4 amide bonds. The van der Waals surface area contributed by atoms with E-state index in [1.54, 1.807) is 24.3 Å². The lowest BCUT2D eigenvalue weighted by molar-refractivity contribution is -0.147. The average Bonchev–Trinajstić information content (AvgIpc) is 3.39. The van der Waals surface area contributed by atoms with Crippen molar-refractivity contribution in [3.8, 4) is 0 Å². The Kier molecular flexibility index (Phi) is 15.7. The van der Waals surface area contributed by atoms with Gasteiger partial charge >= 0.3 is 12.1 Å². The second-order valence-electron chi connectivity index (χ2n) is 15.9. The van der Waals surface area contributed by atoms with Crippen molar-refractivity contribution in [2.24, 2.45) is 0 Å². The molecule has 0 unspecified atom stereocenters. The number of hydrogen-bond donors (Lipinski definition) is 4. The fourth-order valence-corrected chi connectivity index (χ4v) is 8.34. The van der Waals surface area contributed by atoms with Gasteiger partial charge in [0.25, 0.3) is 0 Å². The van der Waals surface area contributed by atoms with Gasteiger partial charge in [-0.3, -0.25) is 14.4 Å². The summed E-state index contributed by atoms with van der Waals surface area (Å²) in [6.07, 6.45) is -1.93. The highest BCUT2D eigenvalue weighted by Gasteiger charge is 2.41. The van der Waals surface area contributed by atoms with Crippen molar-refractivity contribution in [1.29, 1.82) is 0 Å². The molecule has 2 atom stereocenters. The molecule has 7 aromatic carbocycles. The van der Waals surface area contributed by atoms with Gasteiger partial charge in [0.1, 0.15) is 29.8 Å². The molecule has 0 saturated carbocycles. The third kappa shape index (κ3) is 11.3. The average molecular weight is 893 g/mol. The van der Waals surface area contributed by atoms with E-state index in [1.165, 1.54) is 0 Å². The van der Waals surface area contributed by atoms with Gasteiger partial charge in [-0.25, -0.2) is 9.59 Å². The van der Waals surface area contributed by atoms with Crippen molar-refractivity contribution < 1.29 is 33.4 Å². The molecule has 0 aromatic heterocycles. The van der Waals surface area contributed by atoms with Gasteiger partial charge in [0.15, 0.2) is 0 Å². The first-order chi connectivity index (χ1) is 32.7. The normalized spacial score (nSPS) is 12.1. The standard InChI is InChI=1S/C56H52N4O7/c1-66-53(64)49(39-51(62)60-56(45-31-17-6-18-32-45,46-33-19-7-20-34-46)47-35-21-8-22-36-47)57-52(63)48(58-54(65)67-40-41-23-9-2-10-24-41)37-38-50(61)59-55(42-25-11-3-12-26-42,43-27-13-4-14-28-43)44-29-15-5-16-30-44/h2-36,48-49H,37-40H2,1H3,(H,57,63)(H,58,65)(H,59,61)(H,60,62)/t48-,49-/m0/s1. The summed E-state index contributed by atoms with van der Waals surface area (Å²) in [5.74, 6) is -2.75. The minimum Gasteiger partial charge on any atom is -0.467 e. The van der Waals surface area contributed by atoms with Crippen LogP contribution < -0.4 is 21.3 Å². The number of methoxy groups -OCH3 is 1. The molecular weight excluding hydrogens is 841 g/mol. The molecular formula is C56H52N4O7. The van der Waals surface area contributed by atoms with Crippen LogP contribution in [0.3, 0.4) is 0 Å². The zero-order valence-electron chi connectivity index (χ0n) is 37.0. The molecule has 7 aromatic rings. The van der Waals surface area contributed by atoms with E-state index in [-0.39, 0.29) is 19.4 Å². The molecule has 0 radical (unpaired) electrons. The maximum absolute atomic E-state index is 14.4. The highest BCUT2D eigenvalue weighted by molar-refractivity contribution is 5.93. The highest BCUT2D eigenvalue weighted by Crippen LogP contribution is 2.38. The van der Waals surface area contributed by atoms with E-state index in [1.807, 2.05) is 188 Å². The minimum absolute atomic E-state index is 0.0911. The third-order valence-corrected chi connectivity index (χ3v) is 11.6. The number of benzene rings is 7. The highest BCUT2D eigenvalue weighted by atomic mass is 16.5. The summed E-state index contributed by atoms with van der Waals surface area (Å²) in [7, 11) is 1.15. The number of esters is 1. The Morgan fingerprint density at radius 2 is 0.791 bits per heavy atom. The Balaban J connectivity index is 1.16. The Morgan fingerprint density at radius 1 is 0.448 bits per heavy atom. The van der Waals surface area contributed by atoms with Crippen molar-refractivity contribution >= 4 is 29.8 Å². The van der Waals surface area contributed by atoms with Gasteiger partial charge in [-0.1, -0.05) is 212 Å². The fraction of sp³-hybridized carbons (Fsp3) is 0.161. The molecule has 0 aliphatic carbocycles. The van der Waals surface area contributed by atoms with Crippen molar-refractivity contribution in [3.05, 3.63) is 251 Å². The van der Waals surface area contributed by atoms with Crippen LogP contribution in [0, 0.1) is 0 Å². The Labute approximate surface area is 390 Å². The number of carbonyl (C=O) groups is 5. The van der Waals surface area contributed by atoms with E-state index in [0.29, 0.717) is 5.56 Å². The van der Waals surface area contributed by atoms with E-state index in [2.05, 4.69) is 21.3 Å². The number of ether oxygens (including phenoxy) is 2. The fourth-order valence-electron chi connectivity index (χ4n) is 8.34. The number of amides is 4. The van der Waals surface area contributed by atoms with Crippen LogP contribution in [-0.4, -0.2) is 49.0 Å². The summed E-state index contributed by atoms with van der Waals surface area (Å²) >= 11 is 0. The summed E-state index contributed by atoms with van der Waals surface area (Å²) in [4.78, 5) is 70.2. The van der Waals surface area contributed by atoms with Crippen molar-refractivity contribution in [1.82, 2.24) is 21.3 Å². The predicted octanol–water partition coefficient (Wildman–Crippen LogP) is 8.33. The monoisotopic (exact) mass is 892 g/mol. The molecule has 0 heterocycles. The van der Waals surface area contributed by atoms with Crippen LogP contribution in [0.15, 0.2) is 212 Å². The maximum atomic E-state index is 14.4. The largest absolute Gasteiger partial charge is 0.467 e. The van der Waals surface area contributed by atoms with Crippen LogP contribution in [0.25, 0.3) is 0 Å². The van der Waals surface area contributed by atoms with Crippen LogP contribution in [0.5, 0.6) is 0 Å². The number of rotatable bonds is 19. The Hall–Kier alpha value is -8.31. The van der Waals surface area contributed by atoms with Crippen molar-refractivity contribution in [3.63, 3.8) is 0 Å². The molecule has 11 nitrogen and oxygen atoms in total. The van der Waals surface area contributed by atoms with Gasteiger partial charge in [-0.2, -0.15) is 0 Å². The lowest BCUT2D eigenvalue weighted by atomic mass is 9.77. The molecule has 7 rings (SSSR count). The van der Waals surface area contributed by atoms with E-state index in [0.717, 1.165) is 40.5 Å².